The number of aromatic carboxylic acids is 1. The average molecular weight is 217 g/mol. The molecule has 5 nitrogen and oxygen atoms in total. The number of carbonyl (C=O) groups is 2. The summed E-state index contributed by atoms with van der Waals surface area (Å²) in [6.45, 7) is 0. The maximum Gasteiger partial charge on any atom is 0.358 e. The van der Waals surface area contributed by atoms with Crippen LogP contribution in [-0.4, -0.2) is 22.3 Å². The van der Waals surface area contributed by atoms with Crippen LogP contribution in [0.15, 0.2) is 35.1 Å². The quantitative estimate of drug-likeness (QED) is 0.793. The first kappa shape index (κ1) is 10.1. The molecule has 0 fully saturated rings. The van der Waals surface area contributed by atoms with Crippen molar-refractivity contribution in [3.63, 3.8) is 0 Å². The van der Waals surface area contributed by atoms with E-state index in [1.165, 1.54) is 0 Å². The van der Waals surface area contributed by atoms with Crippen LogP contribution in [0.25, 0.3) is 11.3 Å². The third kappa shape index (κ3) is 1.70. The summed E-state index contributed by atoms with van der Waals surface area (Å²) < 4.78 is 5.01. The van der Waals surface area contributed by atoms with Crippen molar-refractivity contribution >= 4 is 12.3 Å². The second kappa shape index (κ2) is 3.98. The summed E-state index contributed by atoms with van der Waals surface area (Å²) in [5, 5.41) is 8.84. The van der Waals surface area contributed by atoms with Gasteiger partial charge >= 0.3 is 5.97 Å². The number of rotatable bonds is 3. The molecule has 0 aliphatic heterocycles. The zero-order valence-corrected chi connectivity index (χ0v) is 8.08. The molecule has 0 atom stereocenters. The van der Waals surface area contributed by atoms with Crippen LogP contribution in [0.5, 0.6) is 0 Å². The van der Waals surface area contributed by atoms with Gasteiger partial charge in [0.25, 0.3) is 0 Å². The van der Waals surface area contributed by atoms with Gasteiger partial charge in [0.15, 0.2) is 17.8 Å². The smallest absolute Gasteiger partial charge is 0.358 e. The third-order valence-electron chi connectivity index (χ3n) is 2.08. The van der Waals surface area contributed by atoms with E-state index in [9.17, 15) is 9.59 Å². The van der Waals surface area contributed by atoms with Crippen LogP contribution in [0.4, 0.5) is 0 Å². The minimum absolute atomic E-state index is 0.140. The summed E-state index contributed by atoms with van der Waals surface area (Å²) >= 11 is 0. The Labute approximate surface area is 90.3 Å². The lowest BCUT2D eigenvalue weighted by molar-refractivity contribution is 0.0691. The second-order valence-electron chi connectivity index (χ2n) is 3.08. The second-order valence-corrected chi connectivity index (χ2v) is 3.08. The number of oxazole rings is 1. The molecule has 0 bridgehead atoms. The van der Waals surface area contributed by atoms with E-state index >= 15 is 0 Å². The van der Waals surface area contributed by atoms with Crippen molar-refractivity contribution < 1.29 is 19.1 Å². The topological polar surface area (TPSA) is 80.4 Å². The van der Waals surface area contributed by atoms with Gasteiger partial charge in [0.2, 0.25) is 0 Å². The predicted octanol–water partition coefficient (Wildman–Crippen LogP) is 1.85. The van der Waals surface area contributed by atoms with E-state index < -0.39 is 5.97 Å². The van der Waals surface area contributed by atoms with Crippen molar-refractivity contribution in [2.24, 2.45) is 0 Å². The molecular formula is C11H7NO4. The zero-order valence-electron chi connectivity index (χ0n) is 8.08. The van der Waals surface area contributed by atoms with Gasteiger partial charge in [0.1, 0.15) is 6.29 Å². The molecule has 0 radical (unpaired) electrons. The third-order valence-corrected chi connectivity index (χ3v) is 2.08. The van der Waals surface area contributed by atoms with Crippen molar-refractivity contribution in [3.8, 4) is 11.3 Å². The fourth-order valence-electron chi connectivity index (χ4n) is 1.32. The first-order valence-corrected chi connectivity index (χ1v) is 4.45. The van der Waals surface area contributed by atoms with Crippen molar-refractivity contribution in [1.82, 2.24) is 4.98 Å². The summed E-state index contributed by atoms with van der Waals surface area (Å²) in [7, 11) is 0. The number of carboxylic acids is 1. The van der Waals surface area contributed by atoms with Gasteiger partial charge in [0.05, 0.1) is 0 Å². The summed E-state index contributed by atoms with van der Waals surface area (Å²) in [5.41, 5.74) is 0.944. The molecule has 2 aromatic rings. The number of carbonyl (C=O) groups excluding carboxylic acids is 1. The summed E-state index contributed by atoms with van der Waals surface area (Å²) in [6.07, 6.45) is 1.79. The molecule has 1 N–H and O–H groups in total. The lowest BCUT2D eigenvalue weighted by atomic mass is 10.1. The van der Waals surface area contributed by atoms with Gasteiger partial charge in [-0.3, -0.25) is 4.79 Å². The molecule has 1 heterocycles. The van der Waals surface area contributed by atoms with Gasteiger partial charge in [0, 0.05) is 11.1 Å². The zero-order chi connectivity index (χ0) is 11.5. The van der Waals surface area contributed by atoms with E-state index in [0.717, 1.165) is 6.39 Å². The van der Waals surface area contributed by atoms with E-state index in [0.29, 0.717) is 17.4 Å². The van der Waals surface area contributed by atoms with Crippen molar-refractivity contribution in [2.45, 2.75) is 0 Å². The number of hydrogen-bond acceptors (Lipinski definition) is 4. The Balaban J connectivity index is 2.46. The van der Waals surface area contributed by atoms with E-state index in [4.69, 9.17) is 9.52 Å². The lowest BCUT2D eigenvalue weighted by Crippen LogP contribution is -1.98. The molecule has 0 aliphatic carbocycles. The molecule has 1 aromatic heterocycles. The Hall–Kier alpha value is -2.43. The number of aldehydes is 1. The summed E-state index contributed by atoms with van der Waals surface area (Å²) in [4.78, 5) is 24.8. The highest BCUT2D eigenvalue weighted by molar-refractivity contribution is 5.92. The van der Waals surface area contributed by atoms with Crippen LogP contribution in [0.1, 0.15) is 20.8 Å². The van der Waals surface area contributed by atoms with E-state index in [2.05, 4.69) is 4.98 Å². The highest BCUT2D eigenvalue weighted by Crippen LogP contribution is 2.23. The van der Waals surface area contributed by atoms with Crippen LogP contribution in [0.2, 0.25) is 0 Å². The fraction of sp³-hybridized carbons (Fsp3) is 0. The summed E-state index contributed by atoms with van der Waals surface area (Å²) in [6, 6.07) is 6.38. The number of benzene rings is 1. The Morgan fingerprint density at radius 2 is 2.00 bits per heavy atom. The SMILES string of the molecule is O=Cc1ccc(-c2ocnc2C(=O)O)cc1. The van der Waals surface area contributed by atoms with Crippen molar-refractivity contribution in [2.75, 3.05) is 0 Å². The molecule has 0 aliphatic rings. The molecule has 0 spiro atoms. The number of aromatic nitrogens is 1. The standard InChI is InChI=1S/C11H7NO4/c13-5-7-1-3-8(4-2-7)10-9(11(14)15)12-6-16-10/h1-6H,(H,14,15). The molecule has 80 valence electrons. The molecular weight excluding hydrogens is 210 g/mol. The highest BCUT2D eigenvalue weighted by atomic mass is 16.4. The number of hydrogen-bond donors (Lipinski definition) is 1. The molecule has 2 rings (SSSR count). The minimum Gasteiger partial charge on any atom is -0.476 e. The maximum atomic E-state index is 10.8. The normalized spacial score (nSPS) is 10.0. The Bertz CT molecular complexity index is 527. The maximum absolute atomic E-state index is 10.8. The molecule has 0 unspecified atom stereocenters. The first-order valence-electron chi connectivity index (χ1n) is 4.45. The Morgan fingerprint density at radius 1 is 1.31 bits per heavy atom. The van der Waals surface area contributed by atoms with Gasteiger partial charge in [-0.05, 0) is 0 Å². The van der Waals surface area contributed by atoms with Gasteiger partial charge in [-0.1, -0.05) is 24.3 Å². The molecule has 0 saturated heterocycles. The molecule has 16 heavy (non-hydrogen) atoms. The van der Waals surface area contributed by atoms with Crippen LogP contribution in [0.3, 0.4) is 0 Å². The van der Waals surface area contributed by atoms with Gasteiger partial charge in [-0.2, -0.15) is 0 Å². The van der Waals surface area contributed by atoms with Gasteiger partial charge in [-0.15, -0.1) is 0 Å². The number of nitrogens with zero attached hydrogens (tertiary/aromatic N) is 1. The van der Waals surface area contributed by atoms with Crippen molar-refractivity contribution in [1.29, 1.82) is 0 Å². The summed E-state index contributed by atoms with van der Waals surface area (Å²) in [5.74, 6) is -0.965. The lowest BCUT2D eigenvalue weighted by Gasteiger charge is -1.97. The molecule has 1 aromatic carbocycles. The van der Waals surface area contributed by atoms with Crippen molar-refractivity contribution in [3.05, 3.63) is 41.9 Å². The predicted molar refractivity (Wildman–Crippen MR) is 54.3 cm³/mol. The van der Waals surface area contributed by atoms with E-state index in [1.54, 1.807) is 24.3 Å². The molecule has 0 saturated carbocycles. The van der Waals surface area contributed by atoms with Crippen LogP contribution in [-0.2, 0) is 0 Å². The monoisotopic (exact) mass is 217 g/mol. The minimum atomic E-state index is -1.15. The Kier molecular flexibility index (Phi) is 2.51. The van der Waals surface area contributed by atoms with E-state index in [-0.39, 0.29) is 11.5 Å². The van der Waals surface area contributed by atoms with Crippen LogP contribution < -0.4 is 0 Å². The highest BCUT2D eigenvalue weighted by Gasteiger charge is 2.16. The Morgan fingerprint density at radius 3 is 2.56 bits per heavy atom. The first-order chi connectivity index (χ1) is 7.72. The van der Waals surface area contributed by atoms with Gasteiger partial charge in [-0.25, -0.2) is 9.78 Å². The fourth-order valence-corrected chi connectivity index (χ4v) is 1.32. The average Bonchev–Trinajstić information content (AvgIpc) is 2.78. The number of carboxylic acid groups (broad SMARTS) is 1. The largest absolute Gasteiger partial charge is 0.476 e. The van der Waals surface area contributed by atoms with Gasteiger partial charge < -0.3 is 9.52 Å². The molecule has 0 amide bonds. The van der Waals surface area contributed by atoms with E-state index in [1.807, 2.05) is 0 Å². The van der Waals surface area contributed by atoms with Crippen LogP contribution in [0, 0.1) is 0 Å². The molecule has 5 heteroatoms. The van der Waals surface area contributed by atoms with Crippen LogP contribution >= 0.6 is 0 Å².